The lowest BCUT2D eigenvalue weighted by Crippen LogP contribution is -2.30. The molecule has 5 N–H and O–H groups in total. The molecule has 150 valence electrons. The Morgan fingerprint density at radius 2 is 2.03 bits per heavy atom. The SMILES string of the molecule is Cc1cc(C)c(C(=O)NCc2cccc(NC(=O)Cn3cnc(N)n3)c2)c(=O)[nH]1. The van der Waals surface area contributed by atoms with Crippen LogP contribution in [-0.4, -0.2) is 31.6 Å². The number of nitrogens with two attached hydrogens (primary N) is 1. The van der Waals surface area contributed by atoms with E-state index in [9.17, 15) is 14.4 Å². The summed E-state index contributed by atoms with van der Waals surface area (Å²) in [5.74, 6) is -0.655. The van der Waals surface area contributed by atoms with Gasteiger partial charge in [-0.25, -0.2) is 9.67 Å². The van der Waals surface area contributed by atoms with Crippen molar-refractivity contribution in [2.24, 2.45) is 0 Å². The molecule has 0 saturated heterocycles. The lowest BCUT2D eigenvalue weighted by Gasteiger charge is -2.10. The van der Waals surface area contributed by atoms with Gasteiger partial charge in [0.2, 0.25) is 11.9 Å². The molecule has 2 aromatic heterocycles. The Kier molecular flexibility index (Phi) is 5.72. The molecule has 0 aliphatic rings. The maximum Gasteiger partial charge on any atom is 0.261 e. The normalized spacial score (nSPS) is 10.6. The minimum atomic E-state index is -0.457. The van der Waals surface area contributed by atoms with Crippen LogP contribution in [0.3, 0.4) is 0 Å². The van der Waals surface area contributed by atoms with Crippen molar-refractivity contribution in [2.45, 2.75) is 26.9 Å². The van der Waals surface area contributed by atoms with E-state index in [1.54, 1.807) is 44.2 Å². The number of anilines is 2. The number of hydrogen-bond donors (Lipinski definition) is 4. The zero-order valence-electron chi connectivity index (χ0n) is 16.0. The Balaban J connectivity index is 1.62. The molecule has 0 unspecified atom stereocenters. The Morgan fingerprint density at radius 1 is 1.24 bits per heavy atom. The van der Waals surface area contributed by atoms with Crippen molar-refractivity contribution >= 4 is 23.5 Å². The van der Waals surface area contributed by atoms with Gasteiger partial charge in [-0.1, -0.05) is 12.1 Å². The van der Waals surface area contributed by atoms with Crippen LogP contribution >= 0.6 is 0 Å². The van der Waals surface area contributed by atoms with E-state index in [0.29, 0.717) is 16.9 Å². The van der Waals surface area contributed by atoms with Gasteiger partial charge in [0.05, 0.1) is 0 Å². The fourth-order valence-corrected chi connectivity index (χ4v) is 2.90. The van der Waals surface area contributed by atoms with Crippen molar-refractivity contribution in [3.8, 4) is 0 Å². The van der Waals surface area contributed by atoms with Gasteiger partial charge in [0.1, 0.15) is 18.4 Å². The summed E-state index contributed by atoms with van der Waals surface area (Å²) in [5, 5.41) is 9.33. The van der Waals surface area contributed by atoms with E-state index in [1.807, 2.05) is 0 Å². The molecule has 0 bridgehead atoms. The molecular formula is C19H21N7O3. The first-order valence-corrected chi connectivity index (χ1v) is 8.84. The predicted octanol–water partition coefficient (Wildman–Crippen LogP) is 0.734. The number of carbonyl (C=O) groups excluding carboxylic acids is 2. The smallest absolute Gasteiger partial charge is 0.261 e. The average molecular weight is 395 g/mol. The first-order valence-electron chi connectivity index (χ1n) is 8.84. The largest absolute Gasteiger partial charge is 0.367 e. The molecule has 3 aromatic rings. The molecule has 29 heavy (non-hydrogen) atoms. The minimum Gasteiger partial charge on any atom is -0.367 e. The highest BCUT2D eigenvalue weighted by molar-refractivity contribution is 5.95. The number of H-pyrrole nitrogens is 1. The number of nitrogen functional groups attached to an aromatic ring is 1. The van der Waals surface area contributed by atoms with Crippen LogP contribution in [0, 0.1) is 13.8 Å². The molecule has 0 saturated carbocycles. The van der Waals surface area contributed by atoms with E-state index in [1.165, 1.54) is 11.0 Å². The average Bonchev–Trinajstić information content (AvgIpc) is 3.04. The number of hydrogen-bond acceptors (Lipinski definition) is 6. The first-order chi connectivity index (χ1) is 13.8. The van der Waals surface area contributed by atoms with Crippen LogP contribution in [0.2, 0.25) is 0 Å². The Hall–Kier alpha value is -3.95. The third-order valence-electron chi connectivity index (χ3n) is 4.12. The van der Waals surface area contributed by atoms with Gasteiger partial charge in [0.25, 0.3) is 11.5 Å². The summed E-state index contributed by atoms with van der Waals surface area (Å²) in [6, 6.07) is 8.78. The summed E-state index contributed by atoms with van der Waals surface area (Å²) >= 11 is 0. The highest BCUT2D eigenvalue weighted by Crippen LogP contribution is 2.11. The van der Waals surface area contributed by atoms with Gasteiger partial charge in [-0.05, 0) is 43.2 Å². The number of aromatic nitrogens is 4. The standard InChI is InChI=1S/C19H21N7O3/c1-11-6-12(2)23-18(29)16(11)17(28)21-8-13-4-3-5-14(7-13)24-15(27)9-26-10-22-19(20)25-26/h3-7,10H,8-9H2,1-2H3,(H2,20,25)(H,21,28)(H,23,29)(H,24,27). The molecule has 0 spiro atoms. The predicted molar refractivity (Wildman–Crippen MR) is 107 cm³/mol. The second kappa shape index (κ2) is 8.38. The van der Waals surface area contributed by atoms with Gasteiger partial charge in [0.15, 0.2) is 0 Å². The molecule has 10 nitrogen and oxygen atoms in total. The van der Waals surface area contributed by atoms with Crippen LogP contribution in [0.5, 0.6) is 0 Å². The molecular weight excluding hydrogens is 374 g/mol. The Morgan fingerprint density at radius 3 is 2.72 bits per heavy atom. The third-order valence-corrected chi connectivity index (χ3v) is 4.12. The summed E-state index contributed by atoms with van der Waals surface area (Å²) in [6.45, 7) is 3.65. The number of nitrogens with zero attached hydrogens (tertiary/aromatic N) is 3. The Bertz CT molecular complexity index is 1120. The third kappa shape index (κ3) is 5.06. The molecule has 0 radical (unpaired) electrons. The molecule has 2 amide bonds. The van der Waals surface area contributed by atoms with Crippen molar-refractivity contribution in [2.75, 3.05) is 11.1 Å². The fraction of sp³-hybridized carbons (Fsp3) is 0.211. The Labute approximate surface area is 166 Å². The lowest BCUT2D eigenvalue weighted by molar-refractivity contribution is -0.116. The zero-order chi connectivity index (χ0) is 21.0. The number of pyridine rings is 1. The topological polar surface area (TPSA) is 148 Å². The van der Waals surface area contributed by atoms with Gasteiger partial charge in [-0.3, -0.25) is 14.4 Å². The number of nitrogens with one attached hydrogen (secondary N) is 3. The summed E-state index contributed by atoms with van der Waals surface area (Å²) in [6.07, 6.45) is 1.37. The van der Waals surface area contributed by atoms with Crippen LogP contribution in [0.4, 0.5) is 11.6 Å². The summed E-state index contributed by atoms with van der Waals surface area (Å²) < 4.78 is 1.33. The van der Waals surface area contributed by atoms with Crippen LogP contribution < -0.4 is 21.9 Å². The van der Waals surface area contributed by atoms with E-state index in [0.717, 1.165) is 5.56 Å². The van der Waals surface area contributed by atoms with Crippen LogP contribution in [0.15, 0.2) is 41.5 Å². The molecule has 1 aromatic carbocycles. The number of benzene rings is 1. The monoisotopic (exact) mass is 395 g/mol. The van der Waals surface area contributed by atoms with Crippen molar-refractivity contribution < 1.29 is 9.59 Å². The van der Waals surface area contributed by atoms with Crippen LogP contribution in [-0.2, 0) is 17.9 Å². The highest BCUT2D eigenvalue weighted by Gasteiger charge is 2.14. The molecule has 2 heterocycles. The van der Waals surface area contributed by atoms with Crippen LogP contribution in [0.25, 0.3) is 0 Å². The second-order valence-electron chi connectivity index (χ2n) is 6.57. The minimum absolute atomic E-state index is 0.0271. The molecule has 10 heteroatoms. The summed E-state index contributed by atoms with van der Waals surface area (Å²) in [4.78, 5) is 43.0. The molecule has 0 fully saturated rings. The van der Waals surface area contributed by atoms with Crippen molar-refractivity contribution in [1.82, 2.24) is 25.1 Å². The highest BCUT2D eigenvalue weighted by atomic mass is 16.2. The summed E-state index contributed by atoms with van der Waals surface area (Å²) in [7, 11) is 0. The molecule has 0 aliphatic carbocycles. The van der Waals surface area contributed by atoms with E-state index >= 15 is 0 Å². The van der Waals surface area contributed by atoms with Gasteiger partial charge < -0.3 is 21.4 Å². The van der Waals surface area contributed by atoms with Gasteiger partial charge in [0, 0.05) is 17.9 Å². The van der Waals surface area contributed by atoms with E-state index in [4.69, 9.17) is 5.73 Å². The lowest BCUT2D eigenvalue weighted by atomic mass is 10.1. The summed E-state index contributed by atoms with van der Waals surface area (Å²) in [5.41, 5.74) is 7.73. The van der Waals surface area contributed by atoms with Crippen molar-refractivity contribution in [1.29, 1.82) is 0 Å². The zero-order valence-corrected chi connectivity index (χ0v) is 16.0. The molecule has 0 atom stereocenters. The number of carbonyl (C=O) groups is 2. The number of aryl methyl sites for hydroxylation is 2. The maximum atomic E-state index is 12.4. The molecule has 3 rings (SSSR count). The number of rotatable bonds is 6. The van der Waals surface area contributed by atoms with E-state index in [2.05, 4.69) is 25.7 Å². The van der Waals surface area contributed by atoms with Crippen LogP contribution in [0.1, 0.15) is 27.2 Å². The van der Waals surface area contributed by atoms with E-state index in [-0.39, 0.29) is 30.5 Å². The first kappa shape index (κ1) is 19.8. The fourth-order valence-electron chi connectivity index (χ4n) is 2.90. The van der Waals surface area contributed by atoms with Gasteiger partial charge >= 0.3 is 0 Å². The van der Waals surface area contributed by atoms with Gasteiger partial charge in [-0.15, -0.1) is 5.10 Å². The quantitative estimate of drug-likeness (QED) is 0.484. The van der Waals surface area contributed by atoms with Gasteiger partial charge in [-0.2, -0.15) is 0 Å². The molecule has 0 aliphatic heterocycles. The number of aromatic amines is 1. The van der Waals surface area contributed by atoms with E-state index < -0.39 is 11.5 Å². The van der Waals surface area contributed by atoms with Crippen molar-refractivity contribution in [3.05, 3.63) is 69.4 Å². The maximum absolute atomic E-state index is 12.4. The number of amides is 2. The second-order valence-corrected chi connectivity index (χ2v) is 6.57. The van der Waals surface area contributed by atoms with Crippen molar-refractivity contribution in [3.63, 3.8) is 0 Å².